The van der Waals surface area contributed by atoms with E-state index in [-0.39, 0.29) is 10.6 Å². The fourth-order valence-corrected chi connectivity index (χ4v) is 4.09. The first-order chi connectivity index (χ1) is 13.9. The molecule has 0 bridgehead atoms. The molecule has 1 amide bonds. The molecule has 1 aromatic carbocycles. The smallest absolute Gasteiger partial charge is 0.284 e. The molecule has 0 atom stereocenters. The number of rotatable bonds is 5. The third-order valence-corrected chi connectivity index (χ3v) is 5.76. The number of nitrogens with zero attached hydrogens (tertiary/aromatic N) is 3. The van der Waals surface area contributed by atoms with Crippen LogP contribution in [0, 0.1) is 0 Å². The van der Waals surface area contributed by atoms with Crippen molar-refractivity contribution in [3.05, 3.63) is 54.4 Å². The summed E-state index contributed by atoms with van der Waals surface area (Å²) in [6.07, 6.45) is 2.98. The maximum atomic E-state index is 12.6. The normalized spacial score (nSPS) is 15.8. The Morgan fingerprint density at radius 3 is 2.79 bits per heavy atom. The van der Waals surface area contributed by atoms with Crippen LogP contribution in [0.2, 0.25) is 0 Å². The standard InChI is InChI=1S/C19H18N4O5S/c1-23-9-3-8-18(23)22-29(25,26)14-6-2-5-13(11-14)20-19(24)15-12-17(28-21-15)16-7-4-10-27-16/h2,4-7,10-12H,3,8-9H2,1H3,(H,20,24). The van der Waals surface area contributed by atoms with Crippen LogP contribution in [-0.4, -0.2) is 43.8 Å². The average Bonchev–Trinajstić information content (AvgIpc) is 3.44. The lowest BCUT2D eigenvalue weighted by Crippen LogP contribution is -2.20. The Labute approximate surface area is 167 Å². The van der Waals surface area contributed by atoms with E-state index in [1.165, 1.54) is 30.5 Å². The number of hydrogen-bond donors (Lipinski definition) is 1. The Kier molecular flexibility index (Phi) is 4.93. The summed E-state index contributed by atoms with van der Waals surface area (Å²) < 4.78 is 39.5. The highest BCUT2D eigenvalue weighted by atomic mass is 32.2. The minimum absolute atomic E-state index is 0.000438. The van der Waals surface area contributed by atoms with E-state index in [0.29, 0.717) is 29.5 Å². The van der Waals surface area contributed by atoms with Gasteiger partial charge in [0.2, 0.25) is 5.76 Å². The number of furan rings is 1. The zero-order valence-corrected chi connectivity index (χ0v) is 16.3. The van der Waals surface area contributed by atoms with Gasteiger partial charge in [-0.1, -0.05) is 11.2 Å². The van der Waals surface area contributed by atoms with Gasteiger partial charge in [0.1, 0.15) is 5.84 Å². The summed E-state index contributed by atoms with van der Waals surface area (Å²) in [6.45, 7) is 0.780. The molecular formula is C19H18N4O5S. The Bertz CT molecular complexity index is 1160. The maximum Gasteiger partial charge on any atom is 0.284 e. The van der Waals surface area contributed by atoms with Gasteiger partial charge in [-0.3, -0.25) is 4.79 Å². The summed E-state index contributed by atoms with van der Waals surface area (Å²) in [6, 6.07) is 10.7. The van der Waals surface area contributed by atoms with Gasteiger partial charge in [-0.25, -0.2) is 0 Å². The van der Waals surface area contributed by atoms with Crippen molar-refractivity contribution in [1.82, 2.24) is 10.1 Å². The average molecular weight is 414 g/mol. The molecule has 0 saturated carbocycles. The van der Waals surface area contributed by atoms with Crippen molar-refractivity contribution in [3.8, 4) is 11.5 Å². The second-order valence-electron chi connectivity index (χ2n) is 6.54. The van der Waals surface area contributed by atoms with Crippen molar-refractivity contribution in [2.24, 2.45) is 4.40 Å². The molecule has 10 heteroatoms. The molecule has 2 aromatic heterocycles. The molecule has 0 aliphatic carbocycles. The van der Waals surface area contributed by atoms with Crippen molar-refractivity contribution in [2.45, 2.75) is 17.7 Å². The van der Waals surface area contributed by atoms with Gasteiger partial charge >= 0.3 is 0 Å². The van der Waals surface area contributed by atoms with Gasteiger partial charge in [-0.2, -0.15) is 8.42 Å². The van der Waals surface area contributed by atoms with Crippen molar-refractivity contribution in [3.63, 3.8) is 0 Å². The summed E-state index contributed by atoms with van der Waals surface area (Å²) in [5, 5.41) is 6.34. The molecule has 3 heterocycles. The number of carbonyl (C=O) groups excluding carboxylic acids is 1. The van der Waals surface area contributed by atoms with Crippen molar-refractivity contribution in [2.75, 3.05) is 18.9 Å². The summed E-state index contributed by atoms with van der Waals surface area (Å²) >= 11 is 0. The summed E-state index contributed by atoms with van der Waals surface area (Å²) in [5.41, 5.74) is 0.344. The lowest BCUT2D eigenvalue weighted by molar-refractivity contribution is 0.101. The number of carbonyl (C=O) groups is 1. The zero-order valence-electron chi connectivity index (χ0n) is 15.5. The summed E-state index contributed by atoms with van der Waals surface area (Å²) in [4.78, 5) is 14.3. The van der Waals surface area contributed by atoms with E-state index in [1.807, 2.05) is 11.9 Å². The van der Waals surface area contributed by atoms with Crippen LogP contribution in [0.3, 0.4) is 0 Å². The molecule has 0 spiro atoms. The largest absolute Gasteiger partial charge is 0.461 e. The zero-order chi connectivity index (χ0) is 20.4. The molecule has 29 heavy (non-hydrogen) atoms. The molecule has 1 aliphatic rings. The Morgan fingerprint density at radius 1 is 1.21 bits per heavy atom. The quantitative estimate of drug-likeness (QED) is 0.682. The number of amidine groups is 1. The van der Waals surface area contributed by atoms with Crippen LogP contribution < -0.4 is 5.32 Å². The fourth-order valence-electron chi connectivity index (χ4n) is 2.95. The molecule has 1 fully saturated rings. The van der Waals surface area contributed by atoms with Crippen LogP contribution in [0.1, 0.15) is 23.3 Å². The van der Waals surface area contributed by atoms with E-state index in [0.717, 1.165) is 13.0 Å². The first kappa shape index (κ1) is 18.9. The van der Waals surface area contributed by atoms with Crippen molar-refractivity contribution < 1.29 is 22.2 Å². The van der Waals surface area contributed by atoms with E-state index in [1.54, 1.807) is 18.2 Å². The Hall–Kier alpha value is -3.40. The van der Waals surface area contributed by atoms with Crippen LogP contribution in [-0.2, 0) is 10.0 Å². The molecule has 0 radical (unpaired) electrons. The fraction of sp³-hybridized carbons (Fsp3) is 0.211. The molecule has 150 valence electrons. The number of likely N-dealkylation sites (tertiary alicyclic amines) is 1. The number of amides is 1. The predicted molar refractivity (Wildman–Crippen MR) is 105 cm³/mol. The van der Waals surface area contributed by atoms with E-state index >= 15 is 0 Å². The molecule has 0 unspecified atom stereocenters. The predicted octanol–water partition coefficient (Wildman–Crippen LogP) is 3.00. The number of anilines is 1. The number of sulfonamides is 1. The molecule has 3 aromatic rings. The highest BCUT2D eigenvalue weighted by Crippen LogP contribution is 2.23. The monoisotopic (exact) mass is 414 g/mol. The van der Waals surface area contributed by atoms with Gasteiger partial charge in [-0.05, 0) is 36.8 Å². The molecule has 1 aliphatic heterocycles. The first-order valence-electron chi connectivity index (χ1n) is 8.89. The van der Waals surface area contributed by atoms with E-state index in [2.05, 4.69) is 14.9 Å². The second kappa shape index (κ2) is 7.55. The minimum Gasteiger partial charge on any atom is -0.461 e. The number of aromatic nitrogens is 1. The van der Waals surface area contributed by atoms with Crippen LogP contribution in [0.4, 0.5) is 5.69 Å². The molecule has 4 rings (SSSR count). The molecular weight excluding hydrogens is 396 g/mol. The molecule has 1 N–H and O–H groups in total. The first-order valence-corrected chi connectivity index (χ1v) is 10.3. The summed E-state index contributed by atoms with van der Waals surface area (Å²) in [7, 11) is -2.06. The third kappa shape index (κ3) is 4.06. The lowest BCUT2D eigenvalue weighted by atomic mass is 10.3. The topological polar surface area (TPSA) is 118 Å². The van der Waals surface area contributed by atoms with E-state index < -0.39 is 15.9 Å². The van der Waals surface area contributed by atoms with Gasteiger partial charge in [-0.15, -0.1) is 4.40 Å². The molecule has 1 saturated heterocycles. The van der Waals surface area contributed by atoms with Gasteiger partial charge in [0.25, 0.3) is 15.9 Å². The molecule has 9 nitrogen and oxygen atoms in total. The Morgan fingerprint density at radius 2 is 2.07 bits per heavy atom. The Balaban J connectivity index is 1.52. The van der Waals surface area contributed by atoms with Crippen LogP contribution in [0.15, 0.2) is 67.0 Å². The van der Waals surface area contributed by atoms with Crippen molar-refractivity contribution >= 4 is 27.5 Å². The second-order valence-corrected chi connectivity index (χ2v) is 8.15. The van der Waals surface area contributed by atoms with Crippen LogP contribution in [0.25, 0.3) is 11.5 Å². The van der Waals surface area contributed by atoms with Crippen LogP contribution >= 0.6 is 0 Å². The van der Waals surface area contributed by atoms with E-state index in [9.17, 15) is 13.2 Å². The highest BCUT2D eigenvalue weighted by Gasteiger charge is 2.21. The van der Waals surface area contributed by atoms with Gasteiger partial charge in [0.15, 0.2) is 11.5 Å². The third-order valence-electron chi connectivity index (χ3n) is 4.46. The van der Waals surface area contributed by atoms with Gasteiger partial charge in [0, 0.05) is 31.8 Å². The number of nitrogens with one attached hydrogen (secondary N) is 1. The number of benzene rings is 1. The van der Waals surface area contributed by atoms with Gasteiger partial charge in [0.05, 0.1) is 11.2 Å². The van der Waals surface area contributed by atoms with Crippen LogP contribution in [0.5, 0.6) is 0 Å². The minimum atomic E-state index is -3.88. The highest BCUT2D eigenvalue weighted by molar-refractivity contribution is 7.90. The van der Waals surface area contributed by atoms with Gasteiger partial charge < -0.3 is 19.2 Å². The number of hydrogen-bond acceptors (Lipinski definition) is 6. The SMILES string of the molecule is CN1CCCC1=NS(=O)(=O)c1cccc(NC(=O)c2cc(-c3ccco3)on2)c1. The lowest BCUT2D eigenvalue weighted by Gasteiger charge is -2.11. The maximum absolute atomic E-state index is 12.6. The van der Waals surface area contributed by atoms with Crippen molar-refractivity contribution in [1.29, 1.82) is 0 Å². The summed E-state index contributed by atoms with van der Waals surface area (Å²) in [5.74, 6) is 0.754. The van der Waals surface area contributed by atoms with E-state index in [4.69, 9.17) is 8.94 Å².